The zero-order valence-electron chi connectivity index (χ0n) is 20.0. The van der Waals surface area contributed by atoms with E-state index in [4.69, 9.17) is 9.15 Å². The van der Waals surface area contributed by atoms with Crippen molar-refractivity contribution < 1.29 is 19.1 Å². The molecule has 2 heterocycles. The number of rotatable bonds is 8. The van der Waals surface area contributed by atoms with Crippen molar-refractivity contribution in [1.29, 1.82) is 0 Å². The Morgan fingerprint density at radius 2 is 2.09 bits per heavy atom. The highest BCUT2D eigenvalue weighted by atomic mass is 16.5. The molecule has 2 fully saturated rings. The molecule has 1 N–H and O–H groups in total. The number of aryl methyl sites for hydroxylation is 1. The number of carbonyl (C=O) groups excluding carboxylic acids is 1. The van der Waals surface area contributed by atoms with Crippen molar-refractivity contribution >= 4 is 16.9 Å². The van der Waals surface area contributed by atoms with Gasteiger partial charge < -0.3 is 19.2 Å². The van der Waals surface area contributed by atoms with Gasteiger partial charge in [-0.15, -0.1) is 0 Å². The molecule has 0 bridgehead atoms. The number of aliphatic hydroxyl groups is 1. The number of amides is 1. The molecule has 1 saturated carbocycles. The van der Waals surface area contributed by atoms with Crippen molar-refractivity contribution in [1.82, 2.24) is 4.90 Å². The van der Waals surface area contributed by atoms with Crippen molar-refractivity contribution in [2.75, 3.05) is 19.7 Å². The molecule has 2 aromatic rings. The first kappa shape index (κ1) is 23.8. The lowest BCUT2D eigenvalue weighted by molar-refractivity contribution is -0.145. The molecule has 6 heteroatoms. The van der Waals surface area contributed by atoms with Crippen LogP contribution in [0.2, 0.25) is 0 Å². The molecular formula is C27H37NO5. The van der Waals surface area contributed by atoms with Crippen LogP contribution >= 0.6 is 0 Å². The third-order valence-corrected chi connectivity index (χ3v) is 7.68. The summed E-state index contributed by atoms with van der Waals surface area (Å²) in [7, 11) is 0. The number of benzene rings is 1. The van der Waals surface area contributed by atoms with Gasteiger partial charge in [-0.05, 0) is 56.7 Å². The topological polar surface area (TPSA) is 80.0 Å². The van der Waals surface area contributed by atoms with E-state index in [0.717, 1.165) is 67.9 Å². The fourth-order valence-corrected chi connectivity index (χ4v) is 5.52. The van der Waals surface area contributed by atoms with Gasteiger partial charge in [0.15, 0.2) is 6.61 Å². The van der Waals surface area contributed by atoms with Crippen LogP contribution < -0.4 is 10.4 Å². The van der Waals surface area contributed by atoms with E-state index in [0.29, 0.717) is 30.8 Å². The summed E-state index contributed by atoms with van der Waals surface area (Å²) in [4.78, 5) is 27.1. The summed E-state index contributed by atoms with van der Waals surface area (Å²) in [5.74, 6) is 0.612. The summed E-state index contributed by atoms with van der Waals surface area (Å²) in [6, 6.07) is 5.44. The first-order valence-electron chi connectivity index (χ1n) is 12.6. The predicted molar refractivity (Wildman–Crippen MR) is 129 cm³/mol. The molecule has 2 atom stereocenters. The molecular weight excluding hydrogens is 418 g/mol. The van der Waals surface area contributed by atoms with Crippen LogP contribution in [0.25, 0.3) is 11.0 Å². The van der Waals surface area contributed by atoms with Gasteiger partial charge in [-0.25, -0.2) is 4.79 Å². The Labute approximate surface area is 195 Å². The number of likely N-dealkylation sites (tertiary alicyclic amines) is 1. The number of ether oxygens (including phenoxy) is 1. The minimum absolute atomic E-state index is 0.0601. The average molecular weight is 456 g/mol. The predicted octanol–water partition coefficient (Wildman–Crippen LogP) is 4.76. The Hall–Kier alpha value is -2.34. The largest absolute Gasteiger partial charge is 0.484 e. The number of piperidine rings is 1. The number of carbonyl (C=O) groups is 1. The van der Waals surface area contributed by atoms with Crippen molar-refractivity contribution in [2.45, 2.75) is 83.7 Å². The Morgan fingerprint density at radius 1 is 1.24 bits per heavy atom. The van der Waals surface area contributed by atoms with Crippen LogP contribution in [0.5, 0.6) is 5.75 Å². The van der Waals surface area contributed by atoms with Gasteiger partial charge in [0.1, 0.15) is 11.3 Å². The van der Waals surface area contributed by atoms with Crippen LogP contribution in [0.4, 0.5) is 0 Å². The smallest absolute Gasteiger partial charge is 0.339 e. The van der Waals surface area contributed by atoms with Crippen molar-refractivity contribution in [2.24, 2.45) is 5.92 Å². The summed E-state index contributed by atoms with van der Waals surface area (Å²) < 4.78 is 11.4. The summed E-state index contributed by atoms with van der Waals surface area (Å²) in [6.45, 7) is 5.26. The fourth-order valence-electron chi connectivity index (χ4n) is 5.52. The zero-order valence-corrected chi connectivity index (χ0v) is 20.0. The number of fused-ring (bicyclic) bond motifs is 2. The van der Waals surface area contributed by atoms with Gasteiger partial charge in [0, 0.05) is 36.0 Å². The van der Waals surface area contributed by atoms with Gasteiger partial charge in [-0.2, -0.15) is 0 Å². The van der Waals surface area contributed by atoms with Gasteiger partial charge in [0.05, 0.1) is 5.60 Å². The highest BCUT2D eigenvalue weighted by Gasteiger charge is 2.43. The molecule has 1 saturated heterocycles. The Morgan fingerprint density at radius 3 is 2.91 bits per heavy atom. The van der Waals surface area contributed by atoms with Gasteiger partial charge in [-0.3, -0.25) is 4.79 Å². The van der Waals surface area contributed by atoms with Gasteiger partial charge in [0.2, 0.25) is 0 Å². The summed E-state index contributed by atoms with van der Waals surface area (Å²) >= 11 is 0. The monoisotopic (exact) mass is 455 g/mol. The second kappa shape index (κ2) is 10.3. The lowest BCUT2D eigenvalue weighted by Gasteiger charge is -2.47. The molecule has 6 nitrogen and oxygen atoms in total. The minimum atomic E-state index is -0.599. The Kier molecular flexibility index (Phi) is 7.42. The van der Waals surface area contributed by atoms with Crippen LogP contribution in [-0.4, -0.2) is 41.2 Å². The molecule has 1 aliphatic heterocycles. The molecule has 0 radical (unpaired) electrons. The lowest BCUT2D eigenvalue weighted by Crippen LogP contribution is -2.55. The van der Waals surface area contributed by atoms with Crippen LogP contribution in [-0.2, 0) is 11.2 Å². The zero-order chi connectivity index (χ0) is 23.4. The summed E-state index contributed by atoms with van der Waals surface area (Å²) in [6.07, 6.45) is 9.84. The van der Waals surface area contributed by atoms with E-state index in [2.05, 4.69) is 6.92 Å². The molecule has 0 spiro atoms. The number of hydrogen-bond acceptors (Lipinski definition) is 5. The first-order chi connectivity index (χ1) is 15.9. The minimum Gasteiger partial charge on any atom is -0.484 e. The molecule has 33 heavy (non-hydrogen) atoms. The molecule has 1 amide bonds. The molecule has 180 valence electrons. The highest BCUT2D eigenvalue weighted by molar-refractivity contribution is 5.82. The van der Waals surface area contributed by atoms with Gasteiger partial charge in [0.25, 0.3) is 5.91 Å². The van der Waals surface area contributed by atoms with Crippen molar-refractivity contribution in [3.8, 4) is 5.75 Å². The molecule has 4 rings (SSSR count). The van der Waals surface area contributed by atoms with E-state index in [9.17, 15) is 14.7 Å². The van der Waals surface area contributed by atoms with E-state index >= 15 is 0 Å². The van der Waals surface area contributed by atoms with Gasteiger partial charge >= 0.3 is 5.63 Å². The number of unbranched alkanes of at least 4 members (excludes halogenated alkanes) is 3. The molecule has 1 aromatic heterocycles. The maximum atomic E-state index is 12.8. The second-order valence-electron chi connectivity index (χ2n) is 9.89. The maximum absolute atomic E-state index is 12.8. The van der Waals surface area contributed by atoms with E-state index in [-0.39, 0.29) is 24.1 Å². The quantitative estimate of drug-likeness (QED) is 0.459. The molecule has 0 unspecified atom stereocenters. The van der Waals surface area contributed by atoms with E-state index in [1.807, 2.05) is 24.0 Å². The van der Waals surface area contributed by atoms with E-state index in [1.165, 1.54) is 6.42 Å². The molecule has 1 aliphatic carbocycles. The first-order valence-corrected chi connectivity index (χ1v) is 12.6. The number of hydrogen-bond donors (Lipinski definition) is 1. The molecule has 1 aromatic carbocycles. The third-order valence-electron chi connectivity index (χ3n) is 7.68. The standard InChI is InChI=1S/C27H37NO5/c1-3-4-5-6-10-23-19(2)22-12-11-21(16-24(22)33-26(23)30)32-18-25(29)28-15-14-27(31)13-8-7-9-20(27)17-28/h11-12,16,20,31H,3-10,13-15,17-18H2,1-2H3/t20-,27-/m0/s1. The fraction of sp³-hybridized carbons (Fsp3) is 0.630. The van der Waals surface area contributed by atoms with Crippen molar-refractivity contribution in [3.05, 3.63) is 39.7 Å². The lowest BCUT2D eigenvalue weighted by atomic mass is 9.71. The molecule has 2 aliphatic rings. The second-order valence-corrected chi connectivity index (χ2v) is 9.89. The number of nitrogens with zero attached hydrogens (tertiary/aromatic N) is 1. The van der Waals surface area contributed by atoms with E-state index < -0.39 is 5.60 Å². The van der Waals surface area contributed by atoms with Crippen LogP contribution in [0, 0.1) is 12.8 Å². The van der Waals surface area contributed by atoms with Crippen LogP contribution in [0.1, 0.15) is 75.8 Å². The van der Waals surface area contributed by atoms with Crippen LogP contribution in [0.3, 0.4) is 0 Å². The van der Waals surface area contributed by atoms with Crippen molar-refractivity contribution in [3.63, 3.8) is 0 Å². The summed E-state index contributed by atoms with van der Waals surface area (Å²) in [5, 5.41) is 11.7. The Bertz CT molecular complexity index is 1040. The average Bonchev–Trinajstić information content (AvgIpc) is 2.81. The summed E-state index contributed by atoms with van der Waals surface area (Å²) in [5.41, 5.74) is 1.34. The maximum Gasteiger partial charge on any atom is 0.339 e. The normalized spacial score (nSPS) is 22.9. The Balaban J connectivity index is 1.39. The SMILES string of the molecule is CCCCCCc1c(C)c2ccc(OCC(=O)N3CC[C@@]4(O)CCCC[C@H]4C3)cc2oc1=O. The van der Waals surface area contributed by atoms with Gasteiger partial charge in [-0.1, -0.05) is 39.0 Å². The van der Waals surface area contributed by atoms with E-state index in [1.54, 1.807) is 6.07 Å². The highest BCUT2D eigenvalue weighted by Crippen LogP contribution is 2.39. The third kappa shape index (κ3) is 5.26. The van der Waals surface area contributed by atoms with Crippen LogP contribution in [0.15, 0.2) is 27.4 Å².